The zero-order valence-electron chi connectivity index (χ0n) is 11.9. The lowest BCUT2D eigenvalue weighted by Gasteiger charge is -2.23. The maximum Gasteiger partial charge on any atom is 0.319 e. The first-order valence-corrected chi connectivity index (χ1v) is 7.56. The molecular formula is C14H20N2O3S. The summed E-state index contributed by atoms with van der Waals surface area (Å²) in [6, 6.07) is 7.03. The highest BCUT2D eigenvalue weighted by atomic mass is 32.2. The minimum absolute atomic E-state index is 0.0908. The molecule has 5 nitrogen and oxygen atoms in total. The van der Waals surface area contributed by atoms with E-state index in [0.717, 1.165) is 4.90 Å². The number of carbonyl (C=O) groups excluding carboxylic acids is 1. The fourth-order valence-corrected chi connectivity index (χ4v) is 1.89. The molecule has 1 atom stereocenters. The van der Waals surface area contributed by atoms with Gasteiger partial charge in [0.05, 0.1) is 5.41 Å². The lowest BCUT2D eigenvalue weighted by molar-refractivity contribution is -0.147. The van der Waals surface area contributed by atoms with Gasteiger partial charge in [-0.1, -0.05) is 6.92 Å². The van der Waals surface area contributed by atoms with Crippen molar-refractivity contribution in [3.63, 3.8) is 0 Å². The van der Waals surface area contributed by atoms with Crippen molar-refractivity contribution >= 4 is 29.4 Å². The summed E-state index contributed by atoms with van der Waals surface area (Å²) in [5.74, 6) is -0.912. The molecule has 0 aliphatic carbocycles. The molecule has 0 saturated carbocycles. The fourth-order valence-electron chi connectivity index (χ4n) is 1.48. The van der Waals surface area contributed by atoms with Gasteiger partial charge in [-0.2, -0.15) is 0 Å². The topological polar surface area (TPSA) is 78.4 Å². The van der Waals surface area contributed by atoms with Crippen molar-refractivity contribution < 1.29 is 14.7 Å². The molecule has 1 aromatic rings. The molecule has 2 amide bonds. The summed E-state index contributed by atoms with van der Waals surface area (Å²) in [5.41, 5.74) is -0.270. The minimum atomic E-state index is -0.944. The fraction of sp³-hybridized carbons (Fsp3) is 0.429. The van der Waals surface area contributed by atoms with E-state index < -0.39 is 17.4 Å². The Balaban J connectivity index is 2.53. The van der Waals surface area contributed by atoms with Gasteiger partial charge in [0.2, 0.25) is 0 Å². The van der Waals surface area contributed by atoms with Gasteiger partial charge in [0.25, 0.3) is 0 Å². The SMILES string of the molecule is CCC(C)(CNC(=O)Nc1ccc(SC)cc1)C(=O)O. The quantitative estimate of drug-likeness (QED) is 0.705. The monoisotopic (exact) mass is 296 g/mol. The predicted octanol–water partition coefficient (Wildman–Crippen LogP) is 3.03. The summed E-state index contributed by atoms with van der Waals surface area (Å²) in [4.78, 5) is 24.0. The van der Waals surface area contributed by atoms with Crippen LogP contribution in [0.5, 0.6) is 0 Å². The van der Waals surface area contributed by atoms with Crippen molar-refractivity contribution in [1.29, 1.82) is 0 Å². The van der Waals surface area contributed by atoms with E-state index in [2.05, 4.69) is 10.6 Å². The van der Waals surface area contributed by atoms with Crippen molar-refractivity contribution in [2.45, 2.75) is 25.2 Å². The van der Waals surface area contributed by atoms with Gasteiger partial charge < -0.3 is 15.7 Å². The molecule has 0 spiro atoms. The molecule has 0 heterocycles. The third-order valence-corrected chi connectivity index (χ3v) is 4.03. The molecule has 0 aromatic heterocycles. The van der Waals surface area contributed by atoms with E-state index in [1.54, 1.807) is 25.6 Å². The highest BCUT2D eigenvalue weighted by Gasteiger charge is 2.31. The third-order valence-electron chi connectivity index (χ3n) is 3.28. The van der Waals surface area contributed by atoms with E-state index in [1.807, 2.05) is 30.5 Å². The highest BCUT2D eigenvalue weighted by Crippen LogP contribution is 2.20. The molecule has 3 N–H and O–H groups in total. The Bertz CT molecular complexity index is 476. The second-order valence-corrected chi connectivity index (χ2v) is 5.64. The largest absolute Gasteiger partial charge is 0.481 e. The number of carbonyl (C=O) groups is 2. The summed E-state index contributed by atoms with van der Waals surface area (Å²) in [7, 11) is 0. The molecule has 0 fully saturated rings. The summed E-state index contributed by atoms with van der Waals surface area (Å²) in [6.07, 6.45) is 2.43. The maximum absolute atomic E-state index is 11.7. The molecule has 1 unspecified atom stereocenters. The number of hydrogen-bond donors (Lipinski definition) is 3. The van der Waals surface area contributed by atoms with Crippen LogP contribution in [0.4, 0.5) is 10.5 Å². The first-order chi connectivity index (χ1) is 9.41. The van der Waals surface area contributed by atoms with Crippen molar-refractivity contribution in [3.05, 3.63) is 24.3 Å². The third kappa shape index (κ3) is 4.45. The molecule has 0 aliphatic heterocycles. The number of amides is 2. The molecule has 1 aromatic carbocycles. The Hall–Kier alpha value is -1.69. The highest BCUT2D eigenvalue weighted by molar-refractivity contribution is 7.98. The first kappa shape index (κ1) is 16.4. The predicted molar refractivity (Wildman–Crippen MR) is 81.3 cm³/mol. The van der Waals surface area contributed by atoms with Gasteiger partial charge in [-0.3, -0.25) is 4.79 Å². The van der Waals surface area contributed by atoms with Crippen LogP contribution >= 0.6 is 11.8 Å². The Labute approximate surface area is 123 Å². The summed E-state index contributed by atoms with van der Waals surface area (Å²) >= 11 is 1.62. The van der Waals surface area contributed by atoms with E-state index in [0.29, 0.717) is 12.1 Å². The van der Waals surface area contributed by atoms with Crippen LogP contribution in [-0.2, 0) is 4.79 Å². The van der Waals surface area contributed by atoms with Crippen LogP contribution in [0.1, 0.15) is 20.3 Å². The van der Waals surface area contributed by atoms with Crippen LogP contribution in [0.2, 0.25) is 0 Å². The molecule has 6 heteroatoms. The van der Waals surface area contributed by atoms with Crippen LogP contribution in [0.15, 0.2) is 29.2 Å². The van der Waals surface area contributed by atoms with Crippen molar-refractivity contribution in [1.82, 2.24) is 5.32 Å². The zero-order valence-corrected chi connectivity index (χ0v) is 12.7. The van der Waals surface area contributed by atoms with Crippen LogP contribution < -0.4 is 10.6 Å². The number of aliphatic carboxylic acids is 1. The van der Waals surface area contributed by atoms with Crippen LogP contribution in [0, 0.1) is 5.41 Å². The molecule has 0 saturated heterocycles. The standard InChI is InChI=1S/C14H20N2O3S/c1-4-14(2,12(17)18)9-15-13(19)16-10-5-7-11(20-3)8-6-10/h5-8H,4,9H2,1-3H3,(H,17,18)(H2,15,16,19). The lowest BCUT2D eigenvalue weighted by atomic mass is 9.88. The van der Waals surface area contributed by atoms with Crippen molar-refractivity contribution in [2.75, 3.05) is 18.1 Å². The Morgan fingerprint density at radius 2 is 1.90 bits per heavy atom. The van der Waals surface area contributed by atoms with Crippen molar-refractivity contribution in [2.24, 2.45) is 5.41 Å². The molecule has 20 heavy (non-hydrogen) atoms. The van der Waals surface area contributed by atoms with Crippen molar-refractivity contribution in [3.8, 4) is 0 Å². The second kappa shape index (κ2) is 7.19. The van der Waals surface area contributed by atoms with Gasteiger partial charge in [0.15, 0.2) is 0 Å². The molecular weight excluding hydrogens is 276 g/mol. The lowest BCUT2D eigenvalue weighted by Crippen LogP contribution is -2.42. The second-order valence-electron chi connectivity index (χ2n) is 4.76. The van der Waals surface area contributed by atoms with Gasteiger partial charge >= 0.3 is 12.0 Å². The van der Waals surface area contributed by atoms with E-state index in [1.165, 1.54) is 0 Å². The van der Waals surface area contributed by atoms with E-state index >= 15 is 0 Å². The molecule has 110 valence electrons. The number of urea groups is 1. The number of carboxylic acids is 1. The van der Waals surface area contributed by atoms with E-state index in [-0.39, 0.29) is 6.54 Å². The summed E-state index contributed by atoms with van der Waals surface area (Å²) < 4.78 is 0. The molecule has 0 bridgehead atoms. The Kier molecular flexibility index (Phi) is 5.88. The number of anilines is 1. The average molecular weight is 296 g/mol. The molecule has 0 aliphatic rings. The number of rotatable bonds is 6. The number of carboxylic acid groups (broad SMARTS) is 1. The van der Waals surface area contributed by atoms with E-state index in [9.17, 15) is 9.59 Å². The van der Waals surface area contributed by atoms with Crippen LogP contribution in [-0.4, -0.2) is 29.9 Å². The number of nitrogens with one attached hydrogen (secondary N) is 2. The molecule has 0 radical (unpaired) electrons. The Morgan fingerprint density at radius 3 is 2.35 bits per heavy atom. The number of thioether (sulfide) groups is 1. The number of hydrogen-bond acceptors (Lipinski definition) is 3. The minimum Gasteiger partial charge on any atom is -0.481 e. The number of benzene rings is 1. The van der Waals surface area contributed by atoms with Gasteiger partial charge in [-0.15, -0.1) is 11.8 Å². The summed E-state index contributed by atoms with van der Waals surface area (Å²) in [5, 5.41) is 14.4. The smallest absolute Gasteiger partial charge is 0.319 e. The van der Waals surface area contributed by atoms with Gasteiger partial charge in [0.1, 0.15) is 0 Å². The van der Waals surface area contributed by atoms with E-state index in [4.69, 9.17) is 5.11 Å². The average Bonchev–Trinajstić information content (AvgIpc) is 2.45. The van der Waals surface area contributed by atoms with Crippen LogP contribution in [0.3, 0.4) is 0 Å². The van der Waals surface area contributed by atoms with Gasteiger partial charge in [0, 0.05) is 17.1 Å². The summed E-state index contributed by atoms with van der Waals surface area (Å²) in [6.45, 7) is 3.49. The molecule has 1 rings (SSSR count). The maximum atomic E-state index is 11.7. The first-order valence-electron chi connectivity index (χ1n) is 6.33. The van der Waals surface area contributed by atoms with Gasteiger partial charge in [-0.25, -0.2) is 4.79 Å². The van der Waals surface area contributed by atoms with Gasteiger partial charge in [-0.05, 0) is 43.9 Å². The van der Waals surface area contributed by atoms with Crippen LogP contribution in [0.25, 0.3) is 0 Å². The Morgan fingerprint density at radius 1 is 1.30 bits per heavy atom. The zero-order chi connectivity index (χ0) is 15.2. The normalized spacial score (nSPS) is 13.3.